The quantitative estimate of drug-likeness (QED) is 0.447. The zero-order valence-corrected chi connectivity index (χ0v) is 13.3. The smallest absolute Gasteiger partial charge is 0.0273 e. The molecule has 0 fully saturated rings. The van der Waals surface area contributed by atoms with Crippen molar-refractivity contribution in [2.24, 2.45) is 0 Å². The highest BCUT2D eigenvalue weighted by atomic mass is 14.6. The lowest BCUT2D eigenvalue weighted by Crippen LogP contribution is -1.90. The Hall–Kier alpha value is -3.19. The molecule has 24 heavy (non-hydrogen) atoms. The van der Waals surface area contributed by atoms with Gasteiger partial charge in [0.1, 0.15) is 0 Å². The molecule has 0 aliphatic rings. The molecule has 4 rings (SSSR count). The van der Waals surface area contributed by atoms with Crippen molar-refractivity contribution in [2.75, 3.05) is 0 Å². The molecule has 0 N–H and O–H groups in total. The standard InChI is InChI=1S/C23H17N/c1-3-8-18(9-4-1)21-12-7-13-22(19-14-16-24-17-15-19)23(21)20-10-5-2-6-11-20/h1-17H. The number of hydrogen-bond donors (Lipinski definition) is 0. The zero-order chi connectivity index (χ0) is 16.2. The molecule has 114 valence electrons. The second-order valence-electron chi connectivity index (χ2n) is 5.70. The third kappa shape index (κ3) is 2.72. The van der Waals surface area contributed by atoms with Crippen molar-refractivity contribution in [2.45, 2.75) is 0 Å². The fraction of sp³-hybridized carbons (Fsp3) is 0. The largest absolute Gasteiger partial charge is 0.265 e. The Morgan fingerprint density at radius 2 is 0.917 bits per heavy atom. The summed E-state index contributed by atoms with van der Waals surface area (Å²) in [5, 5.41) is 0. The Morgan fingerprint density at radius 3 is 1.50 bits per heavy atom. The van der Waals surface area contributed by atoms with E-state index in [1.165, 1.54) is 33.4 Å². The van der Waals surface area contributed by atoms with E-state index in [2.05, 4.69) is 96.0 Å². The number of hydrogen-bond acceptors (Lipinski definition) is 1. The Morgan fingerprint density at radius 1 is 0.417 bits per heavy atom. The van der Waals surface area contributed by atoms with Crippen LogP contribution in [0.5, 0.6) is 0 Å². The summed E-state index contributed by atoms with van der Waals surface area (Å²) in [6.45, 7) is 0. The van der Waals surface area contributed by atoms with Crippen LogP contribution in [0.1, 0.15) is 0 Å². The normalized spacial score (nSPS) is 10.5. The molecule has 0 bridgehead atoms. The Labute approximate surface area is 142 Å². The molecular formula is C23H17N. The highest BCUT2D eigenvalue weighted by Crippen LogP contribution is 2.39. The fourth-order valence-electron chi connectivity index (χ4n) is 3.10. The van der Waals surface area contributed by atoms with Gasteiger partial charge in [-0.25, -0.2) is 0 Å². The molecule has 0 saturated carbocycles. The maximum atomic E-state index is 4.15. The van der Waals surface area contributed by atoms with Gasteiger partial charge in [0.25, 0.3) is 0 Å². The van der Waals surface area contributed by atoms with Gasteiger partial charge in [-0.1, -0.05) is 78.9 Å². The Balaban J connectivity index is 2.02. The van der Waals surface area contributed by atoms with E-state index in [0.29, 0.717) is 0 Å². The lowest BCUT2D eigenvalue weighted by atomic mass is 9.88. The minimum absolute atomic E-state index is 1.18. The molecule has 0 unspecified atom stereocenters. The molecule has 1 aromatic heterocycles. The summed E-state index contributed by atoms with van der Waals surface area (Å²) in [7, 11) is 0. The van der Waals surface area contributed by atoms with Crippen LogP contribution >= 0.6 is 0 Å². The van der Waals surface area contributed by atoms with Crippen molar-refractivity contribution in [3.63, 3.8) is 0 Å². The molecular weight excluding hydrogens is 290 g/mol. The molecule has 1 heteroatoms. The van der Waals surface area contributed by atoms with E-state index in [1.807, 2.05) is 12.4 Å². The van der Waals surface area contributed by atoms with Crippen LogP contribution in [-0.2, 0) is 0 Å². The molecule has 0 spiro atoms. The summed E-state index contributed by atoms with van der Waals surface area (Å²) >= 11 is 0. The molecule has 0 amide bonds. The van der Waals surface area contributed by atoms with Crippen LogP contribution in [0.2, 0.25) is 0 Å². The lowest BCUT2D eigenvalue weighted by molar-refractivity contribution is 1.33. The van der Waals surface area contributed by atoms with E-state index < -0.39 is 0 Å². The van der Waals surface area contributed by atoms with Crippen LogP contribution in [-0.4, -0.2) is 4.98 Å². The van der Waals surface area contributed by atoms with Gasteiger partial charge in [-0.2, -0.15) is 0 Å². The Kier molecular flexibility index (Phi) is 3.91. The van der Waals surface area contributed by atoms with Crippen LogP contribution < -0.4 is 0 Å². The SMILES string of the molecule is c1ccc(-c2cccc(-c3ccncc3)c2-c2ccccc2)cc1. The predicted molar refractivity (Wildman–Crippen MR) is 101 cm³/mol. The van der Waals surface area contributed by atoms with E-state index in [4.69, 9.17) is 0 Å². The molecule has 0 radical (unpaired) electrons. The van der Waals surface area contributed by atoms with E-state index in [0.717, 1.165) is 0 Å². The molecule has 0 aliphatic carbocycles. The Bertz CT molecular complexity index is 872. The van der Waals surface area contributed by atoms with Crippen LogP contribution in [0.3, 0.4) is 0 Å². The average molecular weight is 307 g/mol. The first-order valence-electron chi connectivity index (χ1n) is 8.08. The van der Waals surface area contributed by atoms with Crippen molar-refractivity contribution in [1.29, 1.82) is 0 Å². The van der Waals surface area contributed by atoms with Crippen molar-refractivity contribution in [1.82, 2.24) is 4.98 Å². The first-order chi connectivity index (χ1) is 11.9. The summed E-state index contributed by atoms with van der Waals surface area (Å²) in [5.41, 5.74) is 7.37. The third-order valence-electron chi connectivity index (χ3n) is 4.20. The number of rotatable bonds is 3. The summed E-state index contributed by atoms with van der Waals surface area (Å²) < 4.78 is 0. The lowest BCUT2D eigenvalue weighted by Gasteiger charge is -2.16. The topological polar surface area (TPSA) is 12.9 Å². The minimum atomic E-state index is 1.18. The van der Waals surface area contributed by atoms with Crippen molar-refractivity contribution in [3.05, 3.63) is 103 Å². The van der Waals surface area contributed by atoms with Crippen molar-refractivity contribution in [3.8, 4) is 33.4 Å². The maximum Gasteiger partial charge on any atom is 0.0273 e. The van der Waals surface area contributed by atoms with Crippen LogP contribution in [0.25, 0.3) is 33.4 Å². The van der Waals surface area contributed by atoms with E-state index in [9.17, 15) is 0 Å². The summed E-state index contributed by atoms with van der Waals surface area (Å²) in [6.07, 6.45) is 3.69. The second-order valence-corrected chi connectivity index (χ2v) is 5.70. The third-order valence-corrected chi connectivity index (χ3v) is 4.20. The number of benzene rings is 3. The minimum Gasteiger partial charge on any atom is -0.265 e. The van der Waals surface area contributed by atoms with Crippen molar-refractivity contribution >= 4 is 0 Å². The summed E-state index contributed by atoms with van der Waals surface area (Å²) in [6, 6.07) is 31.8. The van der Waals surface area contributed by atoms with E-state index in [-0.39, 0.29) is 0 Å². The van der Waals surface area contributed by atoms with E-state index in [1.54, 1.807) is 0 Å². The van der Waals surface area contributed by atoms with Gasteiger partial charge in [-0.3, -0.25) is 4.98 Å². The summed E-state index contributed by atoms with van der Waals surface area (Å²) in [4.78, 5) is 4.15. The molecule has 4 aromatic rings. The molecule has 0 atom stereocenters. The van der Waals surface area contributed by atoms with Crippen LogP contribution in [0.15, 0.2) is 103 Å². The second kappa shape index (κ2) is 6.51. The van der Waals surface area contributed by atoms with Gasteiger partial charge in [0.2, 0.25) is 0 Å². The van der Waals surface area contributed by atoms with Gasteiger partial charge in [0.05, 0.1) is 0 Å². The van der Waals surface area contributed by atoms with Gasteiger partial charge in [-0.05, 0) is 45.5 Å². The molecule has 1 nitrogen and oxygen atoms in total. The fourth-order valence-corrected chi connectivity index (χ4v) is 3.10. The zero-order valence-electron chi connectivity index (χ0n) is 13.3. The number of nitrogens with zero attached hydrogens (tertiary/aromatic N) is 1. The number of aromatic nitrogens is 1. The van der Waals surface area contributed by atoms with Gasteiger partial charge in [0, 0.05) is 12.4 Å². The van der Waals surface area contributed by atoms with Gasteiger partial charge in [0.15, 0.2) is 0 Å². The van der Waals surface area contributed by atoms with Crippen LogP contribution in [0.4, 0.5) is 0 Å². The van der Waals surface area contributed by atoms with E-state index >= 15 is 0 Å². The first kappa shape index (κ1) is 14.4. The molecule has 1 heterocycles. The van der Waals surface area contributed by atoms with Gasteiger partial charge >= 0.3 is 0 Å². The molecule has 0 aliphatic heterocycles. The number of pyridine rings is 1. The molecule has 0 saturated heterocycles. The first-order valence-corrected chi connectivity index (χ1v) is 8.08. The van der Waals surface area contributed by atoms with Crippen molar-refractivity contribution < 1.29 is 0 Å². The maximum absolute atomic E-state index is 4.15. The monoisotopic (exact) mass is 307 g/mol. The predicted octanol–water partition coefficient (Wildman–Crippen LogP) is 6.08. The average Bonchev–Trinajstić information content (AvgIpc) is 2.69. The summed E-state index contributed by atoms with van der Waals surface area (Å²) in [5.74, 6) is 0. The van der Waals surface area contributed by atoms with Gasteiger partial charge < -0.3 is 0 Å². The highest BCUT2D eigenvalue weighted by molar-refractivity contribution is 5.94. The highest BCUT2D eigenvalue weighted by Gasteiger charge is 2.13. The van der Waals surface area contributed by atoms with Gasteiger partial charge in [-0.15, -0.1) is 0 Å². The van der Waals surface area contributed by atoms with Crippen LogP contribution in [0, 0.1) is 0 Å². The molecule has 3 aromatic carbocycles.